The molecule has 5 nitrogen and oxygen atoms in total. The van der Waals surface area contributed by atoms with E-state index in [0.717, 1.165) is 37.5 Å². The van der Waals surface area contributed by atoms with Gasteiger partial charge in [0.15, 0.2) is 0 Å². The van der Waals surface area contributed by atoms with E-state index in [-0.39, 0.29) is 5.92 Å². The molecule has 1 atom stereocenters. The van der Waals surface area contributed by atoms with Gasteiger partial charge in [0.1, 0.15) is 5.82 Å². The van der Waals surface area contributed by atoms with Crippen LogP contribution in [-0.4, -0.2) is 45.2 Å². The number of aromatic nitrogens is 2. The minimum absolute atomic E-state index is 0.227. The molecule has 0 spiro atoms. The predicted molar refractivity (Wildman–Crippen MR) is 80.2 cm³/mol. The Morgan fingerprint density at radius 2 is 2.10 bits per heavy atom. The molecule has 5 heteroatoms. The largest absolute Gasteiger partial charge is 0.481 e. The topological polar surface area (TPSA) is 58.4 Å². The van der Waals surface area contributed by atoms with Crippen molar-refractivity contribution in [3.63, 3.8) is 0 Å². The molecular formula is C16H25N3O2. The van der Waals surface area contributed by atoms with Gasteiger partial charge in [-0.25, -0.2) is 4.98 Å². The first-order chi connectivity index (χ1) is 10.2. The Labute approximate surface area is 126 Å². The van der Waals surface area contributed by atoms with Crippen LogP contribution in [0.2, 0.25) is 0 Å². The van der Waals surface area contributed by atoms with Crippen LogP contribution in [0.5, 0.6) is 0 Å². The maximum atomic E-state index is 11.1. The number of carboxylic acid groups (broad SMARTS) is 1. The van der Waals surface area contributed by atoms with Gasteiger partial charge in [-0.2, -0.15) is 0 Å². The lowest BCUT2D eigenvalue weighted by molar-refractivity contribution is -0.142. The summed E-state index contributed by atoms with van der Waals surface area (Å²) in [6.07, 6.45) is 6.83. The normalized spacial score (nSPS) is 24.0. The van der Waals surface area contributed by atoms with E-state index in [1.54, 1.807) is 0 Å². The highest BCUT2D eigenvalue weighted by Gasteiger charge is 2.27. The summed E-state index contributed by atoms with van der Waals surface area (Å²) in [5.74, 6) is 1.01. The lowest BCUT2D eigenvalue weighted by Gasteiger charge is -2.31. The van der Waals surface area contributed by atoms with E-state index >= 15 is 0 Å². The lowest BCUT2D eigenvalue weighted by atomic mass is 9.92. The summed E-state index contributed by atoms with van der Waals surface area (Å²) in [7, 11) is 0. The zero-order valence-corrected chi connectivity index (χ0v) is 12.8. The molecule has 0 amide bonds. The zero-order valence-electron chi connectivity index (χ0n) is 12.8. The number of carboxylic acids is 1. The Kier molecular flexibility index (Phi) is 4.29. The molecule has 1 fully saturated rings. The predicted octanol–water partition coefficient (Wildman–Crippen LogP) is 1.80. The molecular weight excluding hydrogens is 266 g/mol. The van der Waals surface area contributed by atoms with Crippen molar-refractivity contribution in [1.82, 2.24) is 14.5 Å². The van der Waals surface area contributed by atoms with Crippen LogP contribution < -0.4 is 0 Å². The number of hydrogen-bond donors (Lipinski definition) is 1. The van der Waals surface area contributed by atoms with Crippen LogP contribution in [0.4, 0.5) is 0 Å². The monoisotopic (exact) mass is 291 g/mol. The van der Waals surface area contributed by atoms with E-state index in [1.807, 2.05) is 6.20 Å². The number of carbonyl (C=O) groups is 1. The van der Waals surface area contributed by atoms with Crippen LogP contribution in [0.1, 0.15) is 37.7 Å². The molecule has 0 bridgehead atoms. The first-order valence-corrected chi connectivity index (χ1v) is 8.15. The smallest absolute Gasteiger partial charge is 0.306 e. The molecule has 0 aliphatic carbocycles. The van der Waals surface area contributed by atoms with Gasteiger partial charge in [-0.3, -0.25) is 4.79 Å². The van der Waals surface area contributed by atoms with Crippen molar-refractivity contribution >= 4 is 5.97 Å². The second-order valence-electron chi connectivity index (χ2n) is 6.43. The lowest BCUT2D eigenvalue weighted by Crippen LogP contribution is -2.34. The van der Waals surface area contributed by atoms with Gasteiger partial charge in [-0.1, -0.05) is 6.92 Å². The van der Waals surface area contributed by atoms with Crippen LogP contribution in [0, 0.1) is 11.8 Å². The number of imidazole rings is 1. The Morgan fingerprint density at radius 3 is 2.76 bits per heavy atom. The third-order valence-corrected chi connectivity index (χ3v) is 5.15. The highest BCUT2D eigenvalue weighted by atomic mass is 16.4. The van der Waals surface area contributed by atoms with Gasteiger partial charge in [-0.15, -0.1) is 0 Å². The highest BCUT2D eigenvalue weighted by Crippen LogP contribution is 2.26. The fourth-order valence-electron chi connectivity index (χ4n) is 3.67. The number of likely N-dealkylation sites (tertiary alicyclic amines) is 1. The maximum Gasteiger partial charge on any atom is 0.306 e. The van der Waals surface area contributed by atoms with Gasteiger partial charge in [-0.05, 0) is 44.8 Å². The summed E-state index contributed by atoms with van der Waals surface area (Å²) in [5, 5.41) is 9.15. The van der Waals surface area contributed by atoms with E-state index in [0.29, 0.717) is 6.42 Å². The molecule has 1 aromatic heterocycles. The van der Waals surface area contributed by atoms with Crippen LogP contribution in [0.15, 0.2) is 6.20 Å². The average Bonchev–Trinajstić information content (AvgIpc) is 2.90. The van der Waals surface area contributed by atoms with Gasteiger partial charge in [0.05, 0.1) is 5.92 Å². The number of piperidine rings is 1. The SMILES string of the molecule is CCN1CCC(Cc2ncc3n2CCC(C(=O)O)C3)CC1. The van der Waals surface area contributed by atoms with Crippen molar-refractivity contribution in [2.45, 2.75) is 45.6 Å². The van der Waals surface area contributed by atoms with Gasteiger partial charge >= 0.3 is 5.97 Å². The van der Waals surface area contributed by atoms with E-state index in [4.69, 9.17) is 5.11 Å². The number of nitrogens with zero attached hydrogens (tertiary/aromatic N) is 3. The Morgan fingerprint density at radius 1 is 1.33 bits per heavy atom. The Hall–Kier alpha value is -1.36. The molecule has 0 aromatic carbocycles. The standard InChI is InChI=1S/C16H25N3O2/c1-2-18-6-3-12(4-7-18)9-15-17-11-14-10-13(16(20)21)5-8-19(14)15/h11-13H,2-10H2,1H3,(H,20,21). The van der Waals surface area contributed by atoms with Gasteiger partial charge < -0.3 is 14.6 Å². The van der Waals surface area contributed by atoms with Gasteiger partial charge in [0, 0.05) is 31.3 Å². The molecule has 1 N–H and O–H groups in total. The van der Waals surface area contributed by atoms with Crippen LogP contribution in [0.3, 0.4) is 0 Å². The fraction of sp³-hybridized carbons (Fsp3) is 0.750. The number of fused-ring (bicyclic) bond motifs is 1. The Bertz CT molecular complexity index is 504. The molecule has 1 aromatic rings. The number of hydrogen-bond acceptors (Lipinski definition) is 3. The van der Waals surface area contributed by atoms with Gasteiger partial charge in [0.2, 0.25) is 0 Å². The van der Waals surface area contributed by atoms with Crippen molar-refractivity contribution in [2.24, 2.45) is 11.8 Å². The van der Waals surface area contributed by atoms with Crippen molar-refractivity contribution in [1.29, 1.82) is 0 Å². The quantitative estimate of drug-likeness (QED) is 0.919. The molecule has 0 radical (unpaired) electrons. The molecule has 116 valence electrons. The summed E-state index contributed by atoms with van der Waals surface area (Å²) >= 11 is 0. The first kappa shape index (κ1) is 14.6. The van der Waals surface area contributed by atoms with Crippen LogP contribution >= 0.6 is 0 Å². The third kappa shape index (κ3) is 3.12. The molecule has 1 unspecified atom stereocenters. The number of rotatable bonds is 4. The van der Waals surface area contributed by atoms with Crippen molar-refractivity contribution in [2.75, 3.05) is 19.6 Å². The van der Waals surface area contributed by atoms with Crippen molar-refractivity contribution in [3.8, 4) is 0 Å². The molecule has 3 heterocycles. The minimum Gasteiger partial charge on any atom is -0.481 e. The molecule has 21 heavy (non-hydrogen) atoms. The summed E-state index contributed by atoms with van der Waals surface area (Å²) in [6, 6.07) is 0. The third-order valence-electron chi connectivity index (χ3n) is 5.15. The molecule has 2 aliphatic rings. The molecule has 2 aliphatic heterocycles. The molecule has 1 saturated heterocycles. The maximum absolute atomic E-state index is 11.1. The highest BCUT2D eigenvalue weighted by molar-refractivity contribution is 5.70. The summed E-state index contributed by atoms with van der Waals surface area (Å²) < 4.78 is 2.27. The summed E-state index contributed by atoms with van der Waals surface area (Å²) in [5.41, 5.74) is 1.11. The van der Waals surface area contributed by atoms with Crippen molar-refractivity contribution < 1.29 is 9.90 Å². The second-order valence-corrected chi connectivity index (χ2v) is 6.43. The Balaban J connectivity index is 1.62. The fourth-order valence-corrected chi connectivity index (χ4v) is 3.67. The van der Waals surface area contributed by atoms with Gasteiger partial charge in [0.25, 0.3) is 0 Å². The summed E-state index contributed by atoms with van der Waals surface area (Å²) in [4.78, 5) is 18.2. The molecule has 3 rings (SSSR count). The van der Waals surface area contributed by atoms with E-state index < -0.39 is 5.97 Å². The summed E-state index contributed by atoms with van der Waals surface area (Å²) in [6.45, 7) is 6.60. The first-order valence-electron chi connectivity index (χ1n) is 8.15. The minimum atomic E-state index is -0.670. The van der Waals surface area contributed by atoms with Crippen LogP contribution in [-0.2, 0) is 24.2 Å². The van der Waals surface area contributed by atoms with Crippen molar-refractivity contribution in [3.05, 3.63) is 17.7 Å². The second kappa shape index (κ2) is 6.18. The van der Waals surface area contributed by atoms with E-state index in [2.05, 4.69) is 21.4 Å². The number of aliphatic carboxylic acids is 1. The molecule has 0 saturated carbocycles. The van der Waals surface area contributed by atoms with E-state index in [9.17, 15) is 4.79 Å². The zero-order chi connectivity index (χ0) is 14.8. The van der Waals surface area contributed by atoms with Crippen LogP contribution in [0.25, 0.3) is 0 Å². The van der Waals surface area contributed by atoms with E-state index in [1.165, 1.54) is 31.8 Å². The average molecular weight is 291 g/mol.